The van der Waals surface area contributed by atoms with E-state index >= 15 is 0 Å². The van der Waals surface area contributed by atoms with Crippen molar-refractivity contribution in [2.75, 3.05) is 18.4 Å². The SMILES string of the molecule is Cc1cc(NC(=O)c2cnn(-c3ccccc3)c2C2CCN(C(=O)OC(C)(C)C)CC2)ccc1Br. The molecular formula is C27H31BrN4O3. The molecule has 8 heteroatoms. The van der Waals surface area contributed by atoms with Crippen molar-refractivity contribution >= 4 is 33.6 Å². The molecule has 0 saturated carbocycles. The number of aryl methyl sites for hydroxylation is 1. The Labute approximate surface area is 214 Å². The number of benzene rings is 2. The molecule has 0 unspecified atom stereocenters. The third-order valence-electron chi connectivity index (χ3n) is 6.00. The Kier molecular flexibility index (Phi) is 7.31. The smallest absolute Gasteiger partial charge is 0.410 e. The number of halogens is 1. The summed E-state index contributed by atoms with van der Waals surface area (Å²) >= 11 is 3.50. The van der Waals surface area contributed by atoms with Gasteiger partial charge in [-0.05, 0) is 76.4 Å². The summed E-state index contributed by atoms with van der Waals surface area (Å²) in [6.07, 6.45) is 2.78. The summed E-state index contributed by atoms with van der Waals surface area (Å²) < 4.78 is 8.39. The monoisotopic (exact) mass is 538 g/mol. The van der Waals surface area contributed by atoms with E-state index in [-0.39, 0.29) is 17.9 Å². The van der Waals surface area contributed by atoms with Crippen LogP contribution in [0.15, 0.2) is 59.2 Å². The number of piperidine rings is 1. The van der Waals surface area contributed by atoms with E-state index in [4.69, 9.17) is 4.74 Å². The molecule has 4 rings (SSSR count). The minimum absolute atomic E-state index is 0.0730. The van der Waals surface area contributed by atoms with Crippen LogP contribution in [-0.2, 0) is 4.74 Å². The summed E-state index contributed by atoms with van der Waals surface area (Å²) in [6, 6.07) is 15.5. The molecule has 1 fully saturated rings. The lowest BCUT2D eigenvalue weighted by atomic mass is 9.90. The van der Waals surface area contributed by atoms with Crippen LogP contribution in [0.2, 0.25) is 0 Å². The van der Waals surface area contributed by atoms with Crippen LogP contribution in [-0.4, -0.2) is 45.4 Å². The number of carbonyl (C=O) groups excluding carboxylic acids is 2. The number of anilines is 1. The van der Waals surface area contributed by atoms with Crippen molar-refractivity contribution in [2.45, 2.75) is 52.1 Å². The number of likely N-dealkylation sites (tertiary alicyclic amines) is 1. The van der Waals surface area contributed by atoms with Gasteiger partial charge >= 0.3 is 6.09 Å². The molecule has 0 bridgehead atoms. The molecular weight excluding hydrogens is 508 g/mol. The van der Waals surface area contributed by atoms with E-state index < -0.39 is 5.60 Å². The number of nitrogens with one attached hydrogen (secondary N) is 1. The summed E-state index contributed by atoms with van der Waals surface area (Å²) in [7, 11) is 0. The van der Waals surface area contributed by atoms with Gasteiger partial charge in [-0.25, -0.2) is 9.48 Å². The molecule has 35 heavy (non-hydrogen) atoms. The third-order valence-corrected chi connectivity index (χ3v) is 6.89. The normalized spacial score (nSPS) is 14.6. The maximum atomic E-state index is 13.4. The fraction of sp³-hybridized carbons (Fsp3) is 0.370. The minimum Gasteiger partial charge on any atom is -0.444 e. The van der Waals surface area contributed by atoms with Gasteiger partial charge in [0.25, 0.3) is 5.91 Å². The molecule has 3 aromatic rings. The van der Waals surface area contributed by atoms with Crippen molar-refractivity contribution in [3.8, 4) is 5.69 Å². The molecule has 1 aromatic heterocycles. The molecule has 1 N–H and O–H groups in total. The van der Waals surface area contributed by atoms with Gasteiger partial charge in [-0.3, -0.25) is 4.79 Å². The van der Waals surface area contributed by atoms with E-state index in [1.807, 2.05) is 80.9 Å². The molecule has 184 valence electrons. The first-order chi connectivity index (χ1) is 16.6. The summed E-state index contributed by atoms with van der Waals surface area (Å²) in [6.45, 7) is 8.71. The Bertz CT molecular complexity index is 1210. The Morgan fingerprint density at radius 1 is 1.09 bits per heavy atom. The van der Waals surface area contributed by atoms with Crippen molar-refractivity contribution in [1.82, 2.24) is 14.7 Å². The second-order valence-electron chi connectivity index (χ2n) is 9.85. The molecule has 1 aliphatic rings. The minimum atomic E-state index is -0.531. The first-order valence-electron chi connectivity index (χ1n) is 11.8. The highest BCUT2D eigenvalue weighted by Gasteiger charge is 2.32. The second-order valence-corrected chi connectivity index (χ2v) is 10.7. The van der Waals surface area contributed by atoms with E-state index in [0.717, 1.165) is 39.9 Å². The Hall–Kier alpha value is -3.13. The Morgan fingerprint density at radius 3 is 2.40 bits per heavy atom. The summed E-state index contributed by atoms with van der Waals surface area (Å²) in [5.74, 6) is -0.123. The number of hydrogen-bond acceptors (Lipinski definition) is 4. The number of amides is 2. The first kappa shape index (κ1) is 25.0. The van der Waals surface area contributed by atoms with Crippen molar-refractivity contribution in [2.24, 2.45) is 0 Å². The molecule has 2 aromatic carbocycles. The van der Waals surface area contributed by atoms with Gasteiger partial charge in [0.05, 0.1) is 23.1 Å². The maximum Gasteiger partial charge on any atom is 0.410 e. The van der Waals surface area contributed by atoms with Crippen LogP contribution >= 0.6 is 15.9 Å². The predicted molar refractivity (Wildman–Crippen MR) is 140 cm³/mol. The van der Waals surface area contributed by atoms with Crippen molar-refractivity contribution in [1.29, 1.82) is 0 Å². The zero-order valence-electron chi connectivity index (χ0n) is 20.5. The average Bonchev–Trinajstić information content (AvgIpc) is 3.26. The number of ether oxygens (including phenoxy) is 1. The molecule has 1 aliphatic heterocycles. The topological polar surface area (TPSA) is 76.5 Å². The largest absolute Gasteiger partial charge is 0.444 e. The van der Waals surface area contributed by atoms with Gasteiger partial charge in [0.2, 0.25) is 0 Å². The van der Waals surface area contributed by atoms with Gasteiger partial charge in [-0.1, -0.05) is 34.1 Å². The molecule has 0 spiro atoms. The van der Waals surface area contributed by atoms with Crippen molar-refractivity contribution < 1.29 is 14.3 Å². The Morgan fingerprint density at radius 2 is 1.77 bits per heavy atom. The van der Waals surface area contributed by atoms with Gasteiger partial charge in [0.15, 0.2) is 0 Å². The molecule has 0 aliphatic carbocycles. The van der Waals surface area contributed by atoms with Gasteiger partial charge in [0.1, 0.15) is 5.60 Å². The Balaban J connectivity index is 1.60. The lowest BCUT2D eigenvalue weighted by Gasteiger charge is -2.34. The summed E-state index contributed by atoms with van der Waals surface area (Å²) in [4.78, 5) is 27.7. The standard InChI is InChI=1S/C27H31BrN4O3/c1-18-16-20(10-11-23(18)28)30-25(33)22-17-29-32(21-8-6-5-7-9-21)24(22)19-12-14-31(15-13-19)26(34)35-27(2,3)4/h5-11,16-17,19H,12-15H2,1-4H3,(H,30,33). The fourth-order valence-electron chi connectivity index (χ4n) is 4.28. The quantitative estimate of drug-likeness (QED) is 0.422. The number of hydrogen-bond donors (Lipinski definition) is 1. The number of carbonyl (C=O) groups is 2. The van der Waals surface area contributed by atoms with Gasteiger partial charge in [0, 0.05) is 29.2 Å². The zero-order chi connectivity index (χ0) is 25.2. The number of rotatable bonds is 4. The highest BCUT2D eigenvalue weighted by Crippen LogP contribution is 2.33. The summed E-state index contributed by atoms with van der Waals surface area (Å²) in [5, 5.41) is 7.63. The fourth-order valence-corrected chi connectivity index (χ4v) is 4.53. The van der Waals surface area contributed by atoms with E-state index in [0.29, 0.717) is 18.7 Å². The molecule has 2 heterocycles. The van der Waals surface area contributed by atoms with Crippen LogP contribution in [0.5, 0.6) is 0 Å². The van der Waals surface area contributed by atoms with Gasteiger partial charge in [-0.15, -0.1) is 0 Å². The average molecular weight is 539 g/mol. The summed E-state index contributed by atoms with van der Waals surface area (Å²) in [5.41, 5.74) is 3.55. The van der Waals surface area contributed by atoms with Crippen LogP contribution in [0.3, 0.4) is 0 Å². The molecule has 1 saturated heterocycles. The number of nitrogens with zero attached hydrogens (tertiary/aromatic N) is 3. The highest BCUT2D eigenvalue weighted by molar-refractivity contribution is 9.10. The van der Waals surface area contributed by atoms with E-state index in [9.17, 15) is 9.59 Å². The van der Waals surface area contributed by atoms with Crippen LogP contribution < -0.4 is 5.32 Å². The molecule has 0 radical (unpaired) electrons. The van der Waals surface area contributed by atoms with E-state index in [1.54, 1.807) is 11.1 Å². The third kappa shape index (κ3) is 5.93. The second kappa shape index (κ2) is 10.2. The predicted octanol–water partition coefficient (Wildman–Crippen LogP) is 6.31. The highest BCUT2D eigenvalue weighted by atomic mass is 79.9. The van der Waals surface area contributed by atoms with Crippen molar-refractivity contribution in [3.05, 3.63) is 76.0 Å². The van der Waals surface area contributed by atoms with E-state index in [1.165, 1.54) is 0 Å². The number of aromatic nitrogens is 2. The van der Waals surface area contributed by atoms with Crippen LogP contribution in [0.25, 0.3) is 5.69 Å². The lowest BCUT2D eigenvalue weighted by molar-refractivity contribution is 0.0203. The molecule has 0 atom stereocenters. The van der Waals surface area contributed by atoms with E-state index in [2.05, 4.69) is 26.3 Å². The molecule has 7 nitrogen and oxygen atoms in total. The van der Waals surface area contributed by atoms with Crippen molar-refractivity contribution in [3.63, 3.8) is 0 Å². The van der Waals surface area contributed by atoms with Gasteiger partial charge in [-0.2, -0.15) is 5.10 Å². The number of para-hydroxylation sites is 1. The maximum absolute atomic E-state index is 13.4. The lowest BCUT2D eigenvalue weighted by Crippen LogP contribution is -2.41. The molecule has 2 amide bonds. The zero-order valence-corrected chi connectivity index (χ0v) is 22.1. The van der Waals surface area contributed by atoms with Crippen LogP contribution in [0.4, 0.5) is 10.5 Å². The van der Waals surface area contributed by atoms with Gasteiger partial charge < -0.3 is 15.0 Å². The first-order valence-corrected chi connectivity index (χ1v) is 12.6. The van der Waals surface area contributed by atoms with Crippen LogP contribution in [0.1, 0.15) is 61.1 Å². The van der Waals surface area contributed by atoms with Crippen LogP contribution in [0, 0.1) is 6.92 Å².